The largest absolute Gasteiger partial charge is 0.307 e. The number of nitrogens with zero attached hydrogens (tertiary/aromatic N) is 2. The minimum Gasteiger partial charge on any atom is -0.262 e. The van der Waals surface area contributed by atoms with Crippen LogP contribution in [0.5, 0.6) is 0 Å². The van der Waals surface area contributed by atoms with E-state index in [1.807, 2.05) is 0 Å². The standard InChI is InChI=1S/C9H21N2S/c1-7-8(2)11(5)9(12-6)10(3)4/h8H,7H2,1-6H3/q+1. The minimum atomic E-state index is 0.620. The Bertz CT molecular complexity index is 162. The Morgan fingerprint density at radius 1 is 1.50 bits per heavy atom. The summed E-state index contributed by atoms with van der Waals surface area (Å²) >= 11 is 1.80. The van der Waals surface area contributed by atoms with Crippen LogP contribution in [0.3, 0.4) is 0 Å². The molecule has 0 aromatic heterocycles. The smallest absolute Gasteiger partial charge is 0.262 e. The SMILES string of the molecule is CCC(C)N(C)C(SC)=[N+](C)C. The molecule has 0 fully saturated rings. The highest BCUT2D eigenvalue weighted by atomic mass is 32.2. The summed E-state index contributed by atoms with van der Waals surface area (Å²) in [5, 5.41) is 1.32. The Balaban J connectivity index is 4.43. The van der Waals surface area contributed by atoms with Crippen molar-refractivity contribution in [1.29, 1.82) is 0 Å². The first kappa shape index (κ1) is 11.8. The molecule has 2 nitrogen and oxygen atoms in total. The van der Waals surface area contributed by atoms with Gasteiger partial charge in [-0.05, 0) is 31.4 Å². The van der Waals surface area contributed by atoms with Crippen LogP contribution in [-0.2, 0) is 0 Å². The Morgan fingerprint density at radius 2 is 2.00 bits per heavy atom. The molecule has 0 aromatic rings. The van der Waals surface area contributed by atoms with Crippen LogP contribution in [-0.4, -0.2) is 48.1 Å². The number of hydrogen-bond acceptors (Lipinski definition) is 1. The van der Waals surface area contributed by atoms with Crippen LogP contribution in [0.25, 0.3) is 0 Å². The average molecular weight is 189 g/mol. The van der Waals surface area contributed by atoms with Crippen molar-refractivity contribution in [3.63, 3.8) is 0 Å². The van der Waals surface area contributed by atoms with Crippen molar-refractivity contribution in [2.45, 2.75) is 26.3 Å². The molecule has 0 amide bonds. The lowest BCUT2D eigenvalue weighted by molar-refractivity contribution is -0.466. The molecule has 1 unspecified atom stereocenters. The van der Waals surface area contributed by atoms with Gasteiger partial charge in [0, 0.05) is 0 Å². The van der Waals surface area contributed by atoms with Gasteiger partial charge in [-0.25, -0.2) is 0 Å². The van der Waals surface area contributed by atoms with E-state index in [0.29, 0.717) is 6.04 Å². The molecule has 0 saturated carbocycles. The molecule has 0 rings (SSSR count). The Morgan fingerprint density at radius 3 is 2.25 bits per heavy atom. The van der Waals surface area contributed by atoms with Gasteiger partial charge in [-0.15, -0.1) is 0 Å². The molecule has 72 valence electrons. The van der Waals surface area contributed by atoms with Gasteiger partial charge >= 0.3 is 5.17 Å². The topological polar surface area (TPSA) is 6.25 Å². The quantitative estimate of drug-likeness (QED) is 0.370. The fraction of sp³-hybridized carbons (Fsp3) is 0.889. The summed E-state index contributed by atoms with van der Waals surface area (Å²) in [4.78, 5) is 2.32. The number of amidine groups is 1. The van der Waals surface area contributed by atoms with Gasteiger partial charge in [-0.1, -0.05) is 6.92 Å². The fourth-order valence-electron chi connectivity index (χ4n) is 1.10. The highest BCUT2D eigenvalue weighted by Crippen LogP contribution is 2.08. The third kappa shape index (κ3) is 3.05. The second kappa shape index (κ2) is 5.46. The lowest BCUT2D eigenvalue weighted by atomic mass is 10.2. The van der Waals surface area contributed by atoms with Gasteiger partial charge in [0.25, 0.3) is 0 Å². The second-order valence-electron chi connectivity index (χ2n) is 3.25. The van der Waals surface area contributed by atoms with Crippen LogP contribution in [0.4, 0.5) is 0 Å². The van der Waals surface area contributed by atoms with E-state index in [-0.39, 0.29) is 0 Å². The van der Waals surface area contributed by atoms with Crippen molar-refractivity contribution < 1.29 is 4.58 Å². The van der Waals surface area contributed by atoms with Crippen molar-refractivity contribution in [2.75, 3.05) is 27.4 Å². The molecule has 0 aliphatic rings. The Kier molecular flexibility index (Phi) is 5.38. The zero-order valence-electron chi connectivity index (χ0n) is 9.09. The van der Waals surface area contributed by atoms with Crippen LogP contribution in [0.2, 0.25) is 0 Å². The molecule has 0 heterocycles. The average Bonchev–Trinajstić information content (AvgIpc) is 2.03. The van der Waals surface area contributed by atoms with E-state index in [1.165, 1.54) is 11.6 Å². The fourth-order valence-corrected chi connectivity index (χ4v) is 1.94. The van der Waals surface area contributed by atoms with Gasteiger partial charge in [0.1, 0.15) is 0 Å². The molecule has 0 aliphatic carbocycles. The predicted molar refractivity (Wildman–Crippen MR) is 58.1 cm³/mol. The summed E-state index contributed by atoms with van der Waals surface area (Å²) in [6.45, 7) is 4.47. The summed E-state index contributed by atoms with van der Waals surface area (Å²) < 4.78 is 2.16. The van der Waals surface area contributed by atoms with E-state index < -0.39 is 0 Å². The Hall–Kier alpha value is -0.180. The summed E-state index contributed by atoms with van der Waals surface area (Å²) in [6.07, 6.45) is 3.31. The van der Waals surface area contributed by atoms with E-state index in [0.717, 1.165) is 0 Å². The lowest BCUT2D eigenvalue weighted by Gasteiger charge is -2.19. The van der Waals surface area contributed by atoms with Gasteiger partial charge in [-0.2, -0.15) is 0 Å². The zero-order valence-corrected chi connectivity index (χ0v) is 9.90. The first-order valence-corrected chi connectivity index (χ1v) is 5.58. The highest BCUT2D eigenvalue weighted by Gasteiger charge is 2.19. The van der Waals surface area contributed by atoms with E-state index >= 15 is 0 Å². The third-order valence-corrected chi connectivity index (χ3v) is 3.14. The zero-order chi connectivity index (χ0) is 9.72. The van der Waals surface area contributed by atoms with E-state index in [9.17, 15) is 0 Å². The first-order chi connectivity index (χ1) is 5.54. The van der Waals surface area contributed by atoms with E-state index in [2.05, 4.69) is 50.7 Å². The van der Waals surface area contributed by atoms with Crippen molar-refractivity contribution in [3.8, 4) is 0 Å². The predicted octanol–water partition coefficient (Wildman–Crippen LogP) is 1.71. The third-order valence-electron chi connectivity index (χ3n) is 2.12. The van der Waals surface area contributed by atoms with Crippen LogP contribution >= 0.6 is 11.8 Å². The van der Waals surface area contributed by atoms with Crippen molar-refractivity contribution >= 4 is 16.9 Å². The van der Waals surface area contributed by atoms with E-state index in [4.69, 9.17) is 0 Å². The van der Waals surface area contributed by atoms with Gasteiger partial charge in [0.15, 0.2) is 0 Å². The number of thioether (sulfide) groups is 1. The molecule has 0 N–H and O–H groups in total. The molecule has 0 radical (unpaired) electrons. The molecule has 12 heavy (non-hydrogen) atoms. The van der Waals surface area contributed by atoms with Crippen LogP contribution < -0.4 is 0 Å². The molecule has 0 aromatic carbocycles. The minimum absolute atomic E-state index is 0.620. The van der Waals surface area contributed by atoms with Crippen molar-refractivity contribution in [3.05, 3.63) is 0 Å². The maximum absolute atomic E-state index is 2.32. The van der Waals surface area contributed by atoms with Gasteiger partial charge in [-0.3, -0.25) is 9.48 Å². The highest BCUT2D eigenvalue weighted by molar-refractivity contribution is 8.12. The molecule has 1 atom stereocenters. The lowest BCUT2D eigenvalue weighted by Crippen LogP contribution is -2.36. The maximum Gasteiger partial charge on any atom is 0.307 e. The molecular formula is C9H21N2S+. The van der Waals surface area contributed by atoms with Crippen molar-refractivity contribution in [2.24, 2.45) is 0 Å². The first-order valence-electron chi connectivity index (χ1n) is 4.35. The summed E-state index contributed by atoms with van der Waals surface area (Å²) in [5.41, 5.74) is 0. The van der Waals surface area contributed by atoms with Crippen LogP contribution in [0.15, 0.2) is 0 Å². The molecule has 0 saturated heterocycles. The van der Waals surface area contributed by atoms with Gasteiger partial charge in [0.2, 0.25) is 0 Å². The van der Waals surface area contributed by atoms with Gasteiger partial charge < -0.3 is 0 Å². The molecule has 3 heteroatoms. The maximum atomic E-state index is 2.32. The summed E-state index contributed by atoms with van der Waals surface area (Å²) in [5.74, 6) is 0. The number of rotatable bonds is 2. The Labute approximate surface area is 80.6 Å². The molecule has 0 spiro atoms. The summed E-state index contributed by atoms with van der Waals surface area (Å²) in [6, 6.07) is 0.620. The molecular weight excluding hydrogens is 168 g/mol. The summed E-state index contributed by atoms with van der Waals surface area (Å²) in [7, 11) is 6.33. The second-order valence-corrected chi connectivity index (χ2v) is 4.02. The van der Waals surface area contributed by atoms with Crippen LogP contribution in [0, 0.1) is 0 Å². The van der Waals surface area contributed by atoms with Crippen LogP contribution in [0.1, 0.15) is 20.3 Å². The van der Waals surface area contributed by atoms with E-state index in [1.54, 1.807) is 11.8 Å². The number of hydrogen-bond donors (Lipinski definition) is 0. The van der Waals surface area contributed by atoms with Gasteiger partial charge in [0.05, 0.1) is 27.2 Å². The normalized spacial score (nSPS) is 12.5. The monoisotopic (exact) mass is 189 g/mol. The van der Waals surface area contributed by atoms with Crippen molar-refractivity contribution in [1.82, 2.24) is 4.90 Å². The molecule has 0 bridgehead atoms. The molecule has 0 aliphatic heterocycles.